The highest BCUT2D eigenvalue weighted by Crippen LogP contribution is 2.47. The van der Waals surface area contributed by atoms with Crippen LogP contribution in [0.15, 0.2) is 52.1 Å². The molecule has 0 saturated heterocycles. The number of nitrogens with zero attached hydrogens (tertiary/aromatic N) is 4. The Hall–Kier alpha value is -3.20. The first-order valence-electron chi connectivity index (χ1n) is 11.1. The minimum absolute atomic E-state index is 0.0969. The summed E-state index contributed by atoms with van der Waals surface area (Å²) in [5, 5.41) is 15.4. The molecule has 2 aliphatic rings. The number of nitrogens with one attached hydrogen (secondary N) is 1. The van der Waals surface area contributed by atoms with Gasteiger partial charge in [0.2, 0.25) is 5.95 Å². The smallest absolute Gasteiger partial charge is 0.248 e. The second-order valence-corrected chi connectivity index (χ2v) is 10.5. The van der Waals surface area contributed by atoms with E-state index in [0.29, 0.717) is 36.0 Å². The summed E-state index contributed by atoms with van der Waals surface area (Å²) in [7, 11) is 1.61. The second-order valence-electron chi connectivity index (χ2n) is 9.62. The highest BCUT2D eigenvalue weighted by Gasteiger charge is 2.42. The molecule has 1 unspecified atom stereocenters. The Labute approximate surface area is 206 Å². The van der Waals surface area contributed by atoms with Crippen LogP contribution >= 0.6 is 15.9 Å². The molecule has 0 radical (unpaired) electrons. The zero-order chi connectivity index (χ0) is 24.0. The average Bonchev–Trinajstić information content (AvgIpc) is 3.24. The summed E-state index contributed by atoms with van der Waals surface area (Å²) in [6, 6.07) is 11.6. The van der Waals surface area contributed by atoms with Gasteiger partial charge in [-0.2, -0.15) is 4.68 Å². The molecular weight excluding hydrogens is 498 g/mol. The Balaban J connectivity index is 1.54. The third-order valence-electron chi connectivity index (χ3n) is 6.26. The summed E-state index contributed by atoms with van der Waals surface area (Å²) in [6.45, 7) is 6.66. The van der Waals surface area contributed by atoms with E-state index in [1.54, 1.807) is 11.8 Å². The van der Waals surface area contributed by atoms with Crippen LogP contribution < -0.4 is 14.8 Å². The molecule has 1 N–H and O–H groups in total. The molecule has 0 amide bonds. The maximum absolute atomic E-state index is 13.3. The molecule has 2 heterocycles. The third kappa shape index (κ3) is 4.09. The van der Waals surface area contributed by atoms with Gasteiger partial charge in [-0.25, -0.2) is 0 Å². The number of carbonyl (C=O) groups excluding carboxylic acids is 1. The van der Waals surface area contributed by atoms with Crippen LogP contribution in [0, 0.1) is 12.3 Å². The normalized spacial score (nSPS) is 18.7. The maximum atomic E-state index is 13.3. The Morgan fingerprint density at radius 2 is 1.97 bits per heavy atom. The largest absolute Gasteiger partial charge is 0.493 e. The van der Waals surface area contributed by atoms with Crippen LogP contribution in [0.3, 0.4) is 0 Å². The predicted molar refractivity (Wildman–Crippen MR) is 131 cm³/mol. The number of fused-ring (bicyclic) bond motifs is 1. The Kier molecular flexibility index (Phi) is 5.67. The van der Waals surface area contributed by atoms with Crippen LogP contribution in [0.5, 0.6) is 11.5 Å². The molecule has 0 fully saturated rings. The molecule has 1 aliphatic carbocycles. The molecule has 2 aromatic carbocycles. The molecule has 0 saturated carbocycles. The Morgan fingerprint density at radius 1 is 1.21 bits per heavy atom. The van der Waals surface area contributed by atoms with Crippen LogP contribution in [-0.2, 0) is 11.4 Å². The number of Topliss-reactive ketones (excluding diaryl/α,β-unsaturated/α-hetero) is 1. The van der Waals surface area contributed by atoms with Crippen molar-refractivity contribution in [1.29, 1.82) is 0 Å². The second kappa shape index (κ2) is 8.54. The molecule has 9 heteroatoms. The summed E-state index contributed by atoms with van der Waals surface area (Å²) in [5.41, 5.74) is 4.54. The van der Waals surface area contributed by atoms with Gasteiger partial charge in [-0.1, -0.05) is 48.8 Å². The minimum atomic E-state index is -0.457. The number of halogens is 1. The number of allylic oxidation sites excluding steroid dienone is 2. The van der Waals surface area contributed by atoms with Gasteiger partial charge in [-0.3, -0.25) is 4.79 Å². The van der Waals surface area contributed by atoms with Crippen LogP contribution in [0.4, 0.5) is 5.95 Å². The van der Waals surface area contributed by atoms with Crippen LogP contribution in [0.1, 0.15) is 49.4 Å². The van der Waals surface area contributed by atoms with Crippen molar-refractivity contribution in [2.24, 2.45) is 5.41 Å². The Bertz CT molecular complexity index is 1300. The van der Waals surface area contributed by atoms with Gasteiger partial charge in [-0.05, 0) is 68.4 Å². The fraction of sp³-hybridized carbons (Fsp3) is 0.360. The van der Waals surface area contributed by atoms with E-state index in [-0.39, 0.29) is 11.2 Å². The standard InChI is InChI=1S/C25H26BrN5O3/c1-14-5-7-15(8-6-14)13-34-23-17(26)9-16(10-20(23)33-4)22-21-18(11-25(2,3)12-19(21)32)27-24-28-29-30-31(22)24/h5-10,22H,11-13H2,1-4H3,(H,27,28,30). The van der Waals surface area contributed by atoms with Crippen molar-refractivity contribution < 1.29 is 14.3 Å². The van der Waals surface area contributed by atoms with Crippen LogP contribution in [0.2, 0.25) is 0 Å². The van der Waals surface area contributed by atoms with Crippen LogP contribution in [0.25, 0.3) is 0 Å². The van der Waals surface area contributed by atoms with Gasteiger partial charge in [0, 0.05) is 17.7 Å². The molecule has 34 heavy (non-hydrogen) atoms. The molecule has 1 atom stereocenters. The Morgan fingerprint density at radius 3 is 2.71 bits per heavy atom. The number of rotatable bonds is 5. The SMILES string of the molecule is COc1cc(C2C3=C(CC(C)(C)CC3=O)Nc3nnnn32)cc(Br)c1OCc1ccc(C)cc1. The van der Waals surface area contributed by atoms with Crippen molar-refractivity contribution in [1.82, 2.24) is 20.2 Å². The van der Waals surface area contributed by atoms with E-state index in [0.717, 1.165) is 27.7 Å². The number of methoxy groups -OCH3 is 1. The fourth-order valence-electron chi connectivity index (χ4n) is 4.66. The van der Waals surface area contributed by atoms with E-state index in [1.165, 1.54) is 5.56 Å². The predicted octanol–water partition coefficient (Wildman–Crippen LogP) is 4.99. The average molecular weight is 524 g/mol. The third-order valence-corrected chi connectivity index (χ3v) is 6.85. The number of aryl methyl sites for hydroxylation is 1. The summed E-state index contributed by atoms with van der Waals surface area (Å²) in [4.78, 5) is 13.3. The molecule has 1 aromatic heterocycles. The van der Waals surface area contributed by atoms with E-state index >= 15 is 0 Å². The lowest BCUT2D eigenvalue weighted by molar-refractivity contribution is -0.118. The number of aromatic nitrogens is 4. The van der Waals surface area contributed by atoms with Gasteiger partial charge < -0.3 is 14.8 Å². The summed E-state index contributed by atoms with van der Waals surface area (Å²) < 4.78 is 14.2. The molecule has 176 valence electrons. The van der Waals surface area contributed by atoms with Gasteiger partial charge in [-0.15, -0.1) is 0 Å². The zero-order valence-electron chi connectivity index (χ0n) is 19.6. The van der Waals surface area contributed by atoms with Gasteiger partial charge in [0.25, 0.3) is 0 Å². The van der Waals surface area contributed by atoms with Gasteiger partial charge in [0.15, 0.2) is 17.3 Å². The molecular formula is C25H26BrN5O3. The number of hydrogen-bond donors (Lipinski definition) is 1. The topological polar surface area (TPSA) is 91.2 Å². The summed E-state index contributed by atoms with van der Waals surface area (Å²) in [5.74, 6) is 1.78. The molecule has 3 aromatic rings. The van der Waals surface area contributed by atoms with Crippen molar-refractivity contribution >= 4 is 27.7 Å². The number of ketones is 1. The van der Waals surface area contributed by atoms with E-state index in [2.05, 4.69) is 69.7 Å². The van der Waals surface area contributed by atoms with E-state index in [4.69, 9.17) is 9.47 Å². The molecule has 0 spiro atoms. The van der Waals surface area contributed by atoms with Gasteiger partial charge in [0.05, 0.1) is 11.6 Å². The summed E-state index contributed by atoms with van der Waals surface area (Å²) >= 11 is 3.66. The number of tetrazole rings is 1. The van der Waals surface area contributed by atoms with Crippen LogP contribution in [-0.4, -0.2) is 33.1 Å². The maximum Gasteiger partial charge on any atom is 0.248 e. The first-order valence-corrected chi connectivity index (χ1v) is 11.9. The number of anilines is 1. The molecule has 5 rings (SSSR count). The van der Waals surface area contributed by atoms with Crippen molar-refractivity contribution in [3.05, 3.63) is 68.8 Å². The zero-order valence-corrected chi connectivity index (χ0v) is 21.1. The first kappa shape index (κ1) is 22.6. The van der Waals surface area contributed by atoms with Gasteiger partial charge in [0.1, 0.15) is 12.6 Å². The number of carbonyl (C=O) groups is 1. The highest BCUT2D eigenvalue weighted by molar-refractivity contribution is 9.10. The lowest BCUT2D eigenvalue weighted by Crippen LogP contribution is -2.36. The first-order chi connectivity index (χ1) is 16.3. The van der Waals surface area contributed by atoms with E-state index < -0.39 is 6.04 Å². The van der Waals surface area contributed by atoms with Crippen molar-refractivity contribution in [2.75, 3.05) is 12.4 Å². The van der Waals surface area contributed by atoms with E-state index in [1.807, 2.05) is 24.3 Å². The number of ether oxygens (including phenoxy) is 2. The summed E-state index contributed by atoms with van der Waals surface area (Å²) in [6.07, 6.45) is 1.21. The molecule has 1 aliphatic heterocycles. The van der Waals surface area contributed by atoms with Gasteiger partial charge >= 0.3 is 0 Å². The quantitative estimate of drug-likeness (QED) is 0.503. The number of benzene rings is 2. The highest BCUT2D eigenvalue weighted by atomic mass is 79.9. The molecule has 0 bridgehead atoms. The lowest BCUT2D eigenvalue weighted by atomic mass is 9.73. The number of hydrogen-bond acceptors (Lipinski definition) is 7. The minimum Gasteiger partial charge on any atom is -0.493 e. The fourth-order valence-corrected chi connectivity index (χ4v) is 5.23. The van der Waals surface area contributed by atoms with Crippen molar-refractivity contribution in [3.63, 3.8) is 0 Å². The monoisotopic (exact) mass is 523 g/mol. The molecule has 8 nitrogen and oxygen atoms in total. The van der Waals surface area contributed by atoms with Crippen molar-refractivity contribution in [3.8, 4) is 11.5 Å². The van der Waals surface area contributed by atoms with Crippen molar-refractivity contribution in [2.45, 2.75) is 46.3 Å². The lowest BCUT2D eigenvalue weighted by Gasteiger charge is -2.38. The van der Waals surface area contributed by atoms with E-state index in [9.17, 15) is 4.79 Å².